The molecule has 0 radical (unpaired) electrons. The maximum Gasteiger partial charge on any atom is 0.355 e. The first-order valence-electron chi connectivity index (χ1n) is 9.18. The Morgan fingerprint density at radius 3 is 2.25 bits per heavy atom. The summed E-state index contributed by atoms with van der Waals surface area (Å²) in [6, 6.07) is 9.09. The Balaban J connectivity index is 2.12. The lowest BCUT2D eigenvalue weighted by Gasteiger charge is -2.26. The molecule has 0 aliphatic carbocycles. The number of para-hydroxylation sites is 1. The molecule has 28 heavy (non-hydrogen) atoms. The molecule has 1 N–H and O–H groups in total. The second kappa shape index (κ2) is 9.21. The van der Waals surface area contributed by atoms with Crippen molar-refractivity contribution in [1.29, 1.82) is 0 Å². The third kappa shape index (κ3) is 4.60. The van der Waals surface area contributed by atoms with Crippen LogP contribution >= 0.6 is 0 Å². The SMILES string of the molecule is CCOC(=O)c1c(C)[nH]c(C(=O)OCC(=O)N(c2ccccc2)C(C)C)c1C. The van der Waals surface area contributed by atoms with Crippen LogP contribution in [0.25, 0.3) is 0 Å². The van der Waals surface area contributed by atoms with Gasteiger partial charge in [0.2, 0.25) is 0 Å². The standard InChI is InChI=1S/C21H26N2O5/c1-6-27-20(25)18-14(4)19(22-15(18)5)21(26)28-12-17(24)23(13(2)3)16-10-8-7-9-11-16/h7-11,13,22H,6,12H2,1-5H3. The Bertz CT molecular complexity index is 855. The van der Waals surface area contributed by atoms with E-state index < -0.39 is 18.5 Å². The Labute approximate surface area is 164 Å². The highest BCUT2D eigenvalue weighted by Crippen LogP contribution is 2.20. The van der Waals surface area contributed by atoms with Gasteiger partial charge >= 0.3 is 11.9 Å². The van der Waals surface area contributed by atoms with E-state index in [1.807, 2.05) is 44.2 Å². The summed E-state index contributed by atoms with van der Waals surface area (Å²) < 4.78 is 10.2. The van der Waals surface area contributed by atoms with Crippen molar-refractivity contribution in [2.24, 2.45) is 0 Å². The number of amides is 1. The summed E-state index contributed by atoms with van der Waals surface area (Å²) in [5.41, 5.74) is 2.15. The molecule has 1 heterocycles. The quantitative estimate of drug-likeness (QED) is 0.737. The molecule has 0 spiro atoms. The second-order valence-corrected chi connectivity index (χ2v) is 6.61. The number of hydrogen-bond donors (Lipinski definition) is 1. The lowest BCUT2D eigenvalue weighted by atomic mass is 10.1. The number of aryl methyl sites for hydroxylation is 1. The summed E-state index contributed by atoms with van der Waals surface area (Å²) in [6.45, 7) is 8.63. The number of benzene rings is 1. The molecule has 0 unspecified atom stereocenters. The minimum Gasteiger partial charge on any atom is -0.462 e. The van der Waals surface area contributed by atoms with Crippen molar-refractivity contribution in [3.63, 3.8) is 0 Å². The average molecular weight is 386 g/mol. The highest BCUT2D eigenvalue weighted by molar-refractivity contribution is 6.00. The number of nitrogens with zero attached hydrogens (tertiary/aromatic N) is 1. The van der Waals surface area contributed by atoms with Gasteiger partial charge in [0.15, 0.2) is 6.61 Å². The van der Waals surface area contributed by atoms with Crippen LogP contribution in [-0.2, 0) is 14.3 Å². The summed E-state index contributed by atoms with van der Waals surface area (Å²) in [6.07, 6.45) is 0. The minimum absolute atomic E-state index is 0.0986. The van der Waals surface area contributed by atoms with Crippen LogP contribution in [0.4, 0.5) is 5.69 Å². The number of anilines is 1. The maximum absolute atomic E-state index is 12.6. The Morgan fingerprint density at radius 2 is 1.68 bits per heavy atom. The first kappa shape index (κ1) is 21.2. The van der Waals surface area contributed by atoms with Gasteiger partial charge in [-0.15, -0.1) is 0 Å². The number of nitrogens with one attached hydrogen (secondary N) is 1. The summed E-state index contributed by atoms with van der Waals surface area (Å²) >= 11 is 0. The van der Waals surface area contributed by atoms with Crippen molar-refractivity contribution >= 4 is 23.5 Å². The van der Waals surface area contributed by atoms with Crippen molar-refractivity contribution < 1.29 is 23.9 Å². The zero-order valence-electron chi connectivity index (χ0n) is 16.9. The average Bonchev–Trinajstić information content (AvgIpc) is 2.95. The van der Waals surface area contributed by atoms with Crippen molar-refractivity contribution in [3.8, 4) is 0 Å². The van der Waals surface area contributed by atoms with E-state index in [0.717, 1.165) is 5.69 Å². The summed E-state index contributed by atoms with van der Waals surface area (Å²) in [5.74, 6) is -1.53. The van der Waals surface area contributed by atoms with E-state index in [4.69, 9.17) is 9.47 Å². The topological polar surface area (TPSA) is 88.7 Å². The van der Waals surface area contributed by atoms with E-state index in [1.165, 1.54) is 0 Å². The smallest absolute Gasteiger partial charge is 0.355 e. The van der Waals surface area contributed by atoms with Crippen LogP contribution in [0.5, 0.6) is 0 Å². The van der Waals surface area contributed by atoms with Crippen molar-refractivity contribution in [2.45, 2.75) is 40.7 Å². The van der Waals surface area contributed by atoms with E-state index in [0.29, 0.717) is 16.8 Å². The molecule has 150 valence electrons. The number of carbonyl (C=O) groups is 3. The van der Waals surface area contributed by atoms with Crippen molar-refractivity contribution in [1.82, 2.24) is 4.98 Å². The third-order valence-corrected chi connectivity index (χ3v) is 4.27. The van der Waals surface area contributed by atoms with Gasteiger partial charge in [0.25, 0.3) is 5.91 Å². The summed E-state index contributed by atoms with van der Waals surface area (Å²) in [5, 5.41) is 0. The van der Waals surface area contributed by atoms with Crippen LogP contribution in [0, 0.1) is 13.8 Å². The fourth-order valence-corrected chi connectivity index (χ4v) is 3.05. The molecule has 0 fully saturated rings. The number of aromatic nitrogens is 1. The third-order valence-electron chi connectivity index (χ3n) is 4.27. The van der Waals surface area contributed by atoms with Gasteiger partial charge in [-0.2, -0.15) is 0 Å². The minimum atomic E-state index is -0.693. The molecule has 0 saturated heterocycles. The highest BCUT2D eigenvalue weighted by Gasteiger charge is 2.25. The monoisotopic (exact) mass is 386 g/mol. The van der Waals surface area contributed by atoms with Crippen molar-refractivity contribution in [2.75, 3.05) is 18.1 Å². The predicted molar refractivity (Wildman–Crippen MR) is 106 cm³/mol. The second-order valence-electron chi connectivity index (χ2n) is 6.61. The first-order valence-corrected chi connectivity index (χ1v) is 9.18. The summed E-state index contributed by atoms with van der Waals surface area (Å²) in [7, 11) is 0. The lowest BCUT2D eigenvalue weighted by Crippen LogP contribution is -2.40. The Hall–Kier alpha value is -3.09. The molecule has 0 atom stereocenters. The number of rotatable bonds is 7. The van der Waals surface area contributed by atoms with Gasteiger partial charge in [-0.25, -0.2) is 9.59 Å². The summed E-state index contributed by atoms with van der Waals surface area (Å²) in [4.78, 5) is 41.6. The molecule has 0 saturated carbocycles. The van der Waals surface area contributed by atoms with Crippen molar-refractivity contribution in [3.05, 3.63) is 52.8 Å². The largest absolute Gasteiger partial charge is 0.462 e. The molecule has 0 aliphatic rings. The van der Waals surface area contributed by atoms with Gasteiger partial charge in [-0.3, -0.25) is 4.79 Å². The zero-order chi connectivity index (χ0) is 20.8. The van der Waals surface area contributed by atoms with Gasteiger partial charge < -0.3 is 19.4 Å². The maximum atomic E-state index is 12.6. The van der Waals surface area contributed by atoms with Gasteiger partial charge in [-0.1, -0.05) is 18.2 Å². The fourth-order valence-electron chi connectivity index (χ4n) is 3.05. The molecule has 1 aromatic carbocycles. The van der Waals surface area contributed by atoms with Crippen LogP contribution in [0.3, 0.4) is 0 Å². The van der Waals surface area contributed by atoms with Crippen LogP contribution in [0.2, 0.25) is 0 Å². The van der Waals surface area contributed by atoms with Gasteiger partial charge in [0, 0.05) is 17.4 Å². The molecule has 2 rings (SSSR count). The Kier molecular flexibility index (Phi) is 6.98. The molecule has 2 aromatic rings. The molecular formula is C21H26N2O5. The molecule has 1 aromatic heterocycles. The lowest BCUT2D eigenvalue weighted by molar-refractivity contribution is -0.122. The molecule has 1 amide bonds. The normalized spacial score (nSPS) is 10.6. The number of ether oxygens (including phenoxy) is 2. The van der Waals surface area contributed by atoms with E-state index >= 15 is 0 Å². The Morgan fingerprint density at radius 1 is 1.04 bits per heavy atom. The van der Waals surface area contributed by atoms with E-state index in [9.17, 15) is 14.4 Å². The van der Waals surface area contributed by atoms with Crippen LogP contribution in [-0.4, -0.2) is 42.1 Å². The molecular weight excluding hydrogens is 360 g/mol. The van der Waals surface area contributed by atoms with Crippen LogP contribution in [0.1, 0.15) is 52.9 Å². The highest BCUT2D eigenvalue weighted by atomic mass is 16.5. The number of aromatic amines is 1. The number of H-pyrrole nitrogens is 1. The molecule has 0 aliphatic heterocycles. The van der Waals surface area contributed by atoms with Gasteiger partial charge in [0.05, 0.1) is 12.2 Å². The predicted octanol–water partition coefficient (Wildman–Crippen LogP) is 3.41. The van der Waals surface area contributed by atoms with Crippen LogP contribution < -0.4 is 4.90 Å². The molecule has 0 bridgehead atoms. The number of hydrogen-bond acceptors (Lipinski definition) is 5. The van der Waals surface area contributed by atoms with Crippen LogP contribution in [0.15, 0.2) is 30.3 Å². The van der Waals surface area contributed by atoms with Gasteiger partial charge in [-0.05, 0) is 52.3 Å². The zero-order valence-corrected chi connectivity index (χ0v) is 16.9. The molecule has 7 nitrogen and oxygen atoms in total. The van der Waals surface area contributed by atoms with E-state index in [-0.39, 0.29) is 24.2 Å². The van der Waals surface area contributed by atoms with Gasteiger partial charge in [0.1, 0.15) is 5.69 Å². The number of esters is 2. The fraction of sp³-hybridized carbons (Fsp3) is 0.381. The molecule has 7 heteroatoms. The first-order chi connectivity index (χ1) is 13.3. The number of carbonyl (C=O) groups excluding carboxylic acids is 3. The van der Waals surface area contributed by atoms with E-state index in [1.54, 1.807) is 25.7 Å². The van der Waals surface area contributed by atoms with E-state index in [2.05, 4.69) is 4.98 Å².